The standard InChI is InChI=1S/C28H41N5O5/c1-16(2)12-20(29)25(34)31-22(14-18-15-30-21-9-6-5-8-19(18)21)27(36)33-11-7-10-24(33)26(35)32-23(28(37)38)13-17(3)4/h5-6,8-9,15-17,20,22-24,30H,7,10-14,29H2,1-4H3,(H,31,34)(H,32,35)(H,37,38). The molecule has 2 aromatic rings. The van der Waals surface area contributed by atoms with Crippen molar-refractivity contribution in [1.29, 1.82) is 0 Å². The highest BCUT2D eigenvalue weighted by molar-refractivity contribution is 5.95. The van der Waals surface area contributed by atoms with Crippen LogP contribution in [-0.2, 0) is 25.6 Å². The van der Waals surface area contributed by atoms with Gasteiger partial charge in [-0.3, -0.25) is 14.4 Å². The number of amides is 3. The second kappa shape index (κ2) is 12.9. The molecule has 2 heterocycles. The van der Waals surface area contributed by atoms with E-state index < -0.39 is 42.0 Å². The molecule has 1 aliphatic heterocycles. The number of hydrogen-bond donors (Lipinski definition) is 5. The fourth-order valence-corrected chi connectivity index (χ4v) is 5.08. The molecule has 1 aromatic heterocycles. The maximum atomic E-state index is 13.9. The Morgan fingerprint density at radius 3 is 2.39 bits per heavy atom. The second-order valence-electron chi connectivity index (χ2n) is 11.1. The monoisotopic (exact) mass is 527 g/mol. The van der Waals surface area contributed by atoms with E-state index >= 15 is 0 Å². The number of aromatic nitrogens is 1. The van der Waals surface area contributed by atoms with Gasteiger partial charge >= 0.3 is 5.97 Å². The average Bonchev–Trinajstić information content (AvgIpc) is 3.49. The van der Waals surface area contributed by atoms with E-state index in [1.54, 1.807) is 0 Å². The minimum atomic E-state index is -1.11. The molecule has 10 nitrogen and oxygen atoms in total. The normalized spacial score (nSPS) is 18.0. The molecule has 3 amide bonds. The molecular weight excluding hydrogens is 486 g/mol. The number of likely N-dealkylation sites (tertiary alicyclic amines) is 1. The Labute approximate surface area is 223 Å². The molecule has 38 heavy (non-hydrogen) atoms. The number of carboxylic acids is 1. The number of nitrogens with one attached hydrogen (secondary N) is 3. The van der Waals surface area contributed by atoms with Crippen molar-refractivity contribution in [3.05, 3.63) is 36.0 Å². The Hall–Kier alpha value is -3.40. The van der Waals surface area contributed by atoms with Gasteiger partial charge in [0.05, 0.1) is 6.04 Å². The predicted molar refractivity (Wildman–Crippen MR) is 145 cm³/mol. The van der Waals surface area contributed by atoms with E-state index in [-0.39, 0.29) is 30.6 Å². The van der Waals surface area contributed by atoms with Crippen molar-refractivity contribution in [2.75, 3.05) is 6.54 Å². The molecule has 1 saturated heterocycles. The molecule has 4 atom stereocenters. The number of rotatable bonds is 12. The van der Waals surface area contributed by atoms with E-state index in [4.69, 9.17) is 5.73 Å². The fourth-order valence-electron chi connectivity index (χ4n) is 5.08. The van der Waals surface area contributed by atoms with Crippen molar-refractivity contribution in [3.63, 3.8) is 0 Å². The van der Waals surface area contributed by atoms with Gasteiger partial charge in [-0.05, 0) is 49.1 Å². The number of hydrogen-bond acceptors (Lipinski definition) is 5. The highest BCUT2D eigenvalue weighted by Gasteiger charge is 2.39. The summed E-state index contributed by atoms with van der Waals surface area (Å²) in [7, 11) is 0. The first-order chi connectivity index (χ1) is 18.0. The van der Waals surface area contributed by atoms with Crippen LogP contribution in [0.3, 0.4) is 0 Å². The molecule has 0 bridgehead atoms. The molecule has 1 fully saturated rings. The number of carboxylic acid groups (broad SMARTS) is 1. The number of carbonyl (C=O) groups is 4. The van der Waals surface area contributed by atoms with E-state index in [1.165, 1.54) is 4.90 Å². The summed E-state index contributed by atoms with van der Waals surface area (Å²) in [4.78, 5) is 56.3. The molecular formula is C28H41N5O5. The lowest BCUT2D eigenvalue weighted by atomic mass is 10.0. The van der Waals surface area contributed by atoms with Gasteiger partial charge in [0.15, 0.2) is 0 Å². The first kappa shape index (κ1) is 29.2. The van der Waals surface area contributed by atoms with E-state index in [9.17, 15) is 24.3 Å². The van der Waals surface area contributed by atoms with Crippen LogP contribution in [0.15, 0.2) is 30.5 Å². The molecule has 3 rings (SSSR count). The van der Waals surface area contributed by atoms with Crippen LogP contribution < -0.4 is 16.4 Å². The predicted octanol–water partition coefficient (Wildman–Crippen LogP) is 2.18. The second-order valence-corrected chi connectivity index (χ2v) is 11.1. The summed E-state index contributed by atoms with van der Waals surface area (Å²) in [6.45, 7) is 8.06. The first-order valence-corrected chi connectivity index (χ1v) is 13.4. The van der Waals surface area contributed by atoms with E-state index in [2.05, 4.69) is 15.6 Å². The zero-order valence-electron chi connectivity index (χ0n) is 22.7. The number of fused-ring (bicyclic) bond motifs is 1. The third-order valence-electron chi connectivity index (χ3n) is 6.94. The number of H-pyrrole nitrogens is 1. The minimum Gasteiger partial charge on any atom is -0.480 e. The summed E-state index contributed by atoms with van der Waals surface area (Å²) < 4.78 is 0. The van der Waals surface area contributed by atoms with Crippen molar-refractivity contribution in [2.24, 2.45) is 17.6 Å². The molecule has 6 N–H and O–H groups in total. The van der Waals surface area contributed by atoms with Crippen LogP contribution in [0.1, 0.15) is 58.9 Å². The van der Waals surface area contributed by atoms with Gasteiger partial charge in [-0.15, -0.1) is 0 Å². The maximum absolute atomic E-state index is 13.9. The number of para-hydroxylation sites is 1. The van der Waals surface area contributed by atoms with Crippen molar-refractivity contribution in [2.45, 2.75) is 84.0 Å². The van der Waals surface area contributed by atoms with Crippen LogP contribution in [0.2, 0.25) is 0 Å². The highest BCUT2D eigenvalue weighted by Crippen LogP contribution is 2.23. The number of nitrogens with two attached hydrogens (primary N) is 1. The van der Waals surface area contributed by atoms with Gasteiger partial charge in [-0.2, -0.15) is 0 Å². The Balaban J connectivity index is 1.83. The summed E-state index contributed by atoms with van der Waals surface area (Å²) in [5, 5.41) is 16.0. The summed E-state index contributed by atoms with van der Waals surface area (Å²) in [6, 6.07) is 4.17. The van der Waals surface area contributed by atoms with Crippen molar-refractivity contribution < 1.29 is 24.3 Å². The summed E-state index contributed by atoms with van der Waals surface area (Å²) in [5.41, 5.74) is 7.90. The quantitative estimate of drug-likeness (QED) is 0.285. The van der Waals surface area contributed by atoms with E-state index in [0.29, 0.717) is 25.8 Å². The van der Waals surface area contributed by atoms with Gasteiger partial charge in [0.1, 0.15) is 18.1 Å². The number of carbonyl (C=O) groups excluding carboxylic acids is 3. The Kier molecular flexibility index (Phi) is 9.90. The van der Waals surface area contributed by atoms with Gasteiger partial charge in [0.25, 0.3) is 0 Å². The smallest absolute Gasteiger partial charge is 0.326 e. The largest absolute Gasteiger partial charge is 0.480 e. The van der Waals surface area contributed by atoms with Gasteiger partial charge in [0, 0.05) is 30.1 Å². The van der Waals surface area contributed by atoms with Crippen LogP contribution in [-0.4, -0.2) is 69.4 Å². The van der Waals surface area contributed by atoms with Crippen molar-refractivity contribution in [3.8, 4) is 0 Å². The number of aromatic amines is 1. The summed E-state index contributed by atoms with van der Waals surface area (Å²) in [5.74, 6) is -2.11. The SMILES string of the molecule is CC(C)CC(N)C(=O)NC(Cc1c[nH]c2ccccc12)C(=O)N1CCCC1C(=O)NC(CC(C)C)C(=O)O. The number of nitrogens with zero attached hydrogens (tertiary/aromatic N) is 1. The molecule has 10 heteroatoms. The molecule has 1 aromatic carbocycles. The van der Waals surface area contributed by atoms with Crippen molar-refractivity contribution in [1.82, 2.24) is 20.5 Å². The zero-order valence-corrected chi connectivity index (χ0v) is 22.7. The lowest BCUT2D eigenvalue weighted by Gasteiger charge is -2.30. The summed E-state index contributed by atoms with van der Waals surface area (Å²) in [6.07, 6.45) is 3.83. The van der Waals surface area contributed by atoms with Crippen LogP contribution in [0.25, 0.3) is 10.9 Å². The van der Waals surface area contributed by atoms with E-state index in [1.807, 2.05) is 58.2 Å². The van der Waals surface area contributed by atoms with Gasteiger partial charge in [-0.1, -0.05) is 45.9 Å². The molecule has 208 valence electrons. The number of benzene rings is 1. The van der Waals surface area contributed by atoms with E-state index in [0.717, 1.165) is 16.5 Å². The summed E-state index contributed by atoms with van der Waals surface area (Å²) >= 11 is 0. The van der Waals surface area contributed by atoms with Gasteiger partial charge in [0.2, 0.25) is 17.7 Å². The molecule has 4 unspecified atom stereocenters. The first-order valence-electron chi connectivity index (χ1n) is 13.4. The molecule has 0 spiro atoms. The van der Waals surface area contributed by atoms with Crippen LogP contribution in [0.5, 0.6) is 0 Å². The third kappa shape index (κ3) is 7.34. The maximum Gasteiger partial charge on any atom is 0.326 e. The topological polar surface area (TPSA) is 158 Å². The molecule has 0 aliphatic carbocycles. The third-order valence-corrected chi connectivity index (χ3v) is 6.94. The van der Waals surface area contributed by atoms with Crippen molar-refractivity contribution >= 4 is 34.6 Å². The fraction of sp³-hybridized carbons (Fsp3) is 0.571. The minimum absolute atomic E-state index is 0.0727. The van der Waals surface area contributed by atoms with Crippen LogP contribution in [0.4, 0.5) is 0 Å². The van der Waals surface area contributed by atoms with Crippen LogP contribution in [0, 0.1) is 11.8 Å². The Bertz CT molecular complexity index is 1140. The average molecular weight is 528 g/mol. The lowest BCUT2D eigenvalue weighted by Crippen LogP contribution is -2.57. The molecule has 0 saturated carbocycles. The van der Waals surface area contributed by atoms with Crippen LogP contribution >= 0.6 is 0 Å². The number of aliphatic carboxylic acids is 1. The zero-order chi connectivity index (χ0) is 28.0. The lowest BCUT2D eigenvalue weighted by molar-refractivity contribution is -0.145. The highest BCUT2D eigenvalue weighted by atomic mass is 16.4. The van der Waals surface area contributed by atoms with Gasteiger partial charge < -0.3 is 31.4 Å². The van der Waals surface area contributed by atoms with Gasteiger partial charge in [-0.25, -0.2) is 4.79 Å². The molecule has 0 radical (unpaired) electrons. The Morgan fingerprint density at radius 1 is 1.05 bits per heavy atom. The Morgan fingerprint density at radius 2 is 1.74 bits per heavy atom. The molecule has 1 aliphatic rings.